The first kappa shape index (κ1) is 8.40. The molecule has 1 heterocycles. The van der Waals surface area contributed by atoms with Crippen LogP contribution in [0.15, 0.2) is 0 Å². The van der Waals surface area contributed by atoms with Crippen molar-refractivity contribution in [3.05, 3.63) is 0 Å². The predicted octanol–water partition coefficient (Wildman–Crippen LogP) is -0.112. The molecule has 1 rings (SSSR count). The van der Waals surface area contributed by atoms with Gasteiger partial charge >= 0.3 is 0 Å². The fourth-order valence-electron chi connectivity index (χ4n) is 0.688. The summed E-state index contributed by atoms with van der Waals surface area (Å²) < 4.78 is 10.5. The minimum Gasteiger partial charge on any atom is -0.327 e. The van der Waals surface area contributed by atoms with Crippen molar-refractivity contribution in [1.82, 2.24) is 0 Å². The average molecular weight is 156 g/mol. The topological polar surface area (TPSA) is 43.1 Å². The van der Waals surface area contributed by atoms with Gasteiger partial charge in [0.15, 0.2) is 0 Å². The Morgan fingerprint density at radius 3 is 2.38 bits per heavy atom. The zero-order chi connectivity index (χ0) is 5.28. The Balaban J connectivity index is 0.000000490. The van der Waals surface area contributed by atoms with Gasteiger partial charge in [0.25, 0.3) is 0 Å². The molecule has 8 heavy (non-hydrogen) atoms. The SMILES string of the molecule is Cl.N[C@H]1CCS(=O)C1. The van der Waals surface area contributed by atoms with Crippen LogP contribution >= 0.6 is 12.4 Å². The molecule has 0 aromatic heterocycles. The lowest BCUT2D eigenvalue weighted by molar-refractivity contribution is 0.686. The van der Waals surface area contributed by atoms with E-state index >= 15 is 0 Å². The van der Waals surface area contributed by atoms with Crippen molar-refractivity contribution < 1.29 is 4.21 Å². The van der Waals surface area contributed by atoms with E-state index in [1.807, 2.05) is 0 Å². The summed E-state index contributed by atoms with van der Waals surface area (Å²) in [4.78, 5) is 0. The van der Waals surface area contributed by atoms with E-state index in [2.05, 4.69) is 0 Å². The molecule has 0 bridgehead atoms. The maximum atomic E-state index is 10.5. The number of hydrogen-bond donors (Lipinski definition) is 1. The number of halogens is 1. The second kappa shape index (κ2) is 3.43. The van der Waals surface area contributed by atoms with E-state index in [1.165, 1.54) is 0 Å². The van der Waals surface area contributed by atoms with E-state index in [0.29, 0.717) is 0 Å². The quantitative estimate of drug-likeness (QED) is 0.531. The van der Waals surface area contributed by atoms with Crippen LogP contribution in [0, 0.1) is 0 Å². The van der Waals surface area contributed by atoms with E-state index in [1.54, 1.807) is 0 Å². The molecule has 1 unspecified atom stereocenters. The first-order valence-electron chi connectivity index (χ1n) is 2.39. The molecular formula is C4H10ClNOS. The van der Waals surface area contributed by atoms with Gasteiger partial charge in [0.2, 0.25) is 0 Å². The molecule has 1 aliphatic heterocycles. The van der Waals surface area contributed by atoms with Crippen molar-refractivity contribution in [2.45, 2.75) is 12.5 Å². The zero-order valence-electron chi connectivity index (χ0n) is 4.50. The first-order valence-corrected chi connectivity index (χ1v) is 3.88. The molecule has 1 saturated heterocycles. The largest absolute Gasteiger partial charge is 0.327 e. The summed E-state index contributed by atoms with van der Waals surface area (Å²) in [6.45, 7) is 0. The molecule has 2 atom stereocenters. The summed E-state index contributed by atoms with van der Waals surface area (Å²) in [6.07, 6.45) is 0.951. The normalized spacial score (nSPS) is 36.6. The number of hydrogen-bond acceptors (Lipinski definition) is 2. The van der Waals surface area contributed by atoms with Crippen LogP contribution in [0.4, 0.5) is 0 Å². The fourth-order valence-corrected chi connectivity index (χ4v) is 2.06. The van der Waals surface area contributed by atoms with E-state index < -0.39 is 10.8 Å². The Hall–Kier alpha value is 0.400. The van der Waals surface area contributed by atoms with Gasteiger partial charge in [-0.05, 0) is 6.42 Å². The molecule has 0 aromatic carbocycles. The molecule has 0 saturated carbocycles. The number of nitrogens with two attached hydrogens (primary N) is 1. The average Bonchev–Trinajstić information content (AvgIpc) is 1.87. The standard InChI is InChI=1S/C4H9NOS.ClH/c5-4-1-2-7(6)3-4;/h4H,1-3,5H2;1H/t4-,7?;/m0./s1. The van der Waals surface area contributed by atoms with Gasteiger partial charge in [0, 0.05) is 28.3 Å². The van der Waals surface area contributed by atoms with Crippen LogP contribution in [0.1, 0.15) is 6.42 Å². The van der Waals surface area contributed by atoms with Crippen molar-refractivity contribution in [3.63, 3.8) is 0 Å². The molecule has 2 N–H and O–H groups in total. The monoisotopic (exact) mass is 155 g/mol. The Bertz CT molecular complexity index is 98.0. The third-order valence-corrected chi connectivity index (χ3v) is 2.61. The number of rotatable bonds is 0. The highest BCUT2D eigenvalue weighted by Crippen LogP contribution is 2.03. The van der Waals surface area contributed by atoms with E-state index in [0.717, 1.165) is 17.9 Å². The van der Waals surface area contributed by atoms with Crippen LogP contribution in [0.2, 0.25) is 0 Å². The van der Waals surface area contributed by atoms with Gasteiger partial charge < -0.3 is 5.73 Å². The van der Waals surface area contributed by atoms with Crippen molar-refractivity contribution in [2.24, 2.45) is 5.73 Å². The van der Waals surface area contributed by atoms with E-state index in [9.17, 15) is 4.21 Å². The first-order chi connectivity index (χ1) is 3.29. The summed E-state index contributed by atoms with van der Waals surface area (Å²) >= 11 is 0. The Morgan fingerprint density at radius 2 is 2.25 bits per heavy atom. The van der Waals surface area contributed by atoms with E-state index in [-0.39, 0.29) is 18.4 Å². The van der Waals surface area contributed by atoms with Crippen LogP contribution in [-0.2, 0) is 10.8 Å². The summed E-state index contributed by atoms with van der Waals surface area (Å²) in [5.74, 6) is 1.54. The summed E-state index contributed by atoms with van der Waals surface area (Å²) in [7, 11) is -0.578. The highest BCUT2D eigenvalue weighted by atomic mass is 35.5. The predicted molar refractivity (Wildman–Crippen MR) is 37.7 cm³/mol. The van der Waals surface area contributed by atoms with Gasteiger partial charge in [0.05, 0.1) is 0 Å². The van der Waals surface area contributed by atoms with Crippen molar-refractivity contribution >= 4 is 23.2 Å². The van der Waals surface area contributed by atoms with E-state index in [4.69, 9.17) is 5.73 Å². The second-order valence-electron chi connectivity index (χ2n) is 1.86. The molecular weight excluding hydrogens is 146 g/mol. The molecule has 0 amide bonds. The minimum absolute atomic E-state index is 0. The lowest BCUT2D eigenvalue weighted by atomic mass is 10.3. The third kappa shape index (κ3) is 2.11. The van der Waals surface area contributed by atoms with Crippen LogP contribution in [-0.4, -0.2) is 21.8 Å². The van der Waals surface area contributed by atoms with Gasteiger partial charge in [-0.25, -0.2) is 0 Å². The summed E-state index contributed by atoms with van der Waals surface area (Å²) in [5, 5.41) is 0. The Labute approximate surface area is 57.7 Å². The Morgan fingerprint density at radius 1 is 1.62 bits per heavy atom. The van der Waals surface area contributed by atoms with Crippen LogP contribution in [0.25, 0.3) is 0 Å². The molecule has 2 nitrogen and oxygen atoms in total. The maximum absolute atomic E-state index is 10.5. The summed E-state index contributed by atoms with van der Waals surface area (Å²) in [6, 6.07) is 0.223. The molecule has 0 spiro atoms. The van der Waals surface area contributed by atoms with Gasteiger partial charge in [0.1, 0.15) is 0 Å². The molecule has 1 aliphatic rings. The highest BCUT2D eigenvalue weighted by molar-refractivity contribution is 7.85. The van der Waals surface area contributed by atoms with Gasteiger partial charge in [-0.2, -0.15) is 0 Å². The fraction of sp³-hybridized carbons (Fsp3) is 1.00. The second-order valence-corrected chi connectivity index (χ2v) is 3.48. The van der Waals surface area contributed by atoms with Gasteiger partial charge in [-0.3, -0.25) is 4.21 Å². The molecule has 0 aliphatic carbocycles. The van der Waals surface area contributed by atoms with Gasteiger partial charge in [-0.15, -0.1) is 12.4 Å². The molecule has 1 fully saturated rings. The smallest absolute Gasteiger partial charge is 0.0386 e. The van der Waals surface area contributed by atoms with Gasteiger partial charge in [-0.1, -0.05) is 0 Å². The van der Waals surface area contributed by atoms with Crippen molar-refractivity contribution in [1.29, 1.82) is 0 Å². The van der Waals surface area contributed by atoms with Crippen LogP contribution in [0.3, 0.4) is 0 Å². The molecule has 0 radical (unpaired) electrons. The van der Waals surface area contributed by atoms with Crippen LogP contribution < -0.4 is 5.73 Å². The maximum Gasteiger partial charge on any atom is 0.0386 e. The lowest BCUT2D eigenvalue weighted by Crippen LogP contribution is -2.18. The van der Waals surface area contributed by atoms with Crippen molar-refractivity contribution in [2.75, 3.05) is 11.5 Å². The third-order valence-electron chi connectivity index (χ3n) is 1.12. The molecule has 4 heteroatoms. The lowest BCUT2D eigenvalue weighted by Gasteiger charge is -1.91. The molecule has 0 aromatic rings. The molecule has 50 valence electrons. The minimum atomic E-state index is -0.578. The summed E-state index contributed by atoms with van der Waals surface area (Å²) in [5.41, 5.74) is 5.43. The van der Waals surface area contributed by atoms with Crippen LogP contribution in [0.5, 0.6) is 0 Å². The Kier molecular flexibility index (Phi) is 3.60. The van der Waals surface area contributed by atoms with Crippen molar-refractivity contribution in [3.8, 4) is 0 Å². The zero-order valence-corrected chi connectivity index (χ0v) is 6.13. The highest BCUT2D eigenvalue weighted by Gasteiger charge is 2.15.